The topological polar surface area (TPSA) is 46.6 Å². The van der Waals surface area contributed by atoms with Crippen molar-refractivity contribution in [3.05, 3.63) is 28.2 Å². The molecule has 1 aromatic rings. The molecule has 19 heavy (non-hydrogen) atoms. The van der Waals surface area contributed by atoms with E-state index >= 15 is 0 Å². The van der Waals surface area contributed by atoms with Gasteiger partial charge in [-0.25, -0.2) is 0 Å². The molecule has 1 aliphatic heterocycles. The van der Waals surface area contributed by atoms with E-state index < -0.39 is 11.7 Å². The Labute approximate surface area is 120 Å². The van der Waals surface area contributed by atoms with Crippen molar-refractivity contribution in [1.29, 1.82) is 0 Å². The van der Waals surface area contributed by atoms with E-state index in [9.17, 15) is 9.59 Å². The monoisotopic (exact) mass is 325 g/mol. The fraction of sp³-hybridized carbons (Fsp3) is 0.429. The molecule has 0 unspecified atom stereocenters. The fourth-order valence-electron chi connectivity index (χ4n) is 2.00. The van der Waals surface area contributed by atoms with Crippen LogP contribution < -0.4 is 4.90 Å². The zero-order chi connectivity index (χ0) is 13.8. The lowest BCUT2D eigenvalue weighted by Crippen LogP contribution is -2.32. The summed E-state index contributed by atoms with van der Waals surface area (Å²) in [5, 5.41) is 0. The second kappa shape index (κ2) is 6.30. The number of fused-ring (bicyclic) bond motifs is 1. The number of benzene rings is 1. The van der Waals surface area contributed by atoms with Crippen molar-refractivity contribution in [2.45, 2.75) is 19.8 Å². The third kappa shape index (κ3) is 3.04. The first-order valence-corrected chi connectivity index (χ1v) is 7.18. The number of amides is 1. The van der Waals surface area contributed by atoms with Gasteiger partial charge in [-0.3, -0.25) is 9.59 Å². The minimum atomic E-state index is -0.466. The van der Waals surface area contributed by atoms with Crippen molar-refractivity contribution < 1.29 is 14.3 Å². The summed E-state index contributed by atoms with van der Waals surface area (Å²) in [5.41, 5.74) is 1.14. The van der Waals surface area contributed by atoms with Crippen molar-refractivity contribution >= 4 is 33.3 Å². The quantitative estimate of drug-likeness (QED) is 0.596. The summed E-state index contributed by atoms with van der Waals surface area (Å²) in [7, 11) is 0. The van der Waals surface area contributed by atoms with Gasteiger partial charge in [-0.1, -0.05) is 29.3 Å². The Morgan fingerprint density at radius 3 is 2.79 bits per heavy atom. The lowest BCUT2D eigenvalue weighted by molar-refractivity contribution is -0.114. The van der Waals surface area contributed by atoms with Crippen LogP contribution in [0.1, 0.15) is 30.1 Å². The summed E-state index contributed by atoms with van der Waals surface area (Å²) in [6.07, 6.45) is 2.09. The highest BCUT2D eigenvalue weighted by Crippen LogP contribution is 2.30. The second-order valence-electron chi connectivity index (χ2n) is 4.41. The van der Waals surface area contributed by atoms with Gasteiger partial charge in [0, 0.05) is 17.6 Å². The SMILES string of the molecule is CCCCOCCN1C(=O)C(=O)c2cc(Br)ccc21. The molecule has 0 bridgehead atoms. The van der Waals surface area contributed by atoms with E-state index in [1.54, 1.807) is 12.1 Å². The Balaban J connectivity index is 2.02. The number of nitrogens with zero attached hydrogens (tertiary/aromatic N) is 1. The van der Waals surface area contributed by atoms with E-state index in [0.717, 1.165) is 17.3 Å². The average Bonchev–Trinajstić information content (AvgIpc) is 2.63. The Kier molecular flexibility index (Phi) is 4.71. The van der Waals surface area contributed by atoms with Crippen LogP contribution in [0.15, 0.2) is 22.7 Å². The van der Waals surface area contributed by atoms with E-state index in [-0.39, 0.29) is 0 Å². The van der Waals surface area contributed by atoms with Gasteiger partial charge in [0.05, 0.1) is 17.9 Å². The van der Waals surface area contributed by atoms with Gasteiger partial charge in [0.2, 0.25) is 0 Å². The highest BCUT2D eigenvalue weighted by Gasteiger charge is 2.35. The zero-order valence-corrected chi connectivity index (χ0v) is 12.4. The standard InChI is InChI=1S/C14H16BrNO3/c1-2-3-7-19-8-6-16-12-5-4-10(15)9-11(12)13(17)14(16)18/h4-5,9H,2-3,6-8H2,1H3. The molecular weight excluding hydrogens is 310 g/mol. The molecule has 0 aliphatic carbocycles. The predicted octanol–water partition coefficient (Wildman–Crippen LogP) is 2.80. The van der Waals surface area contributed by atoms with Crippen molar-refractivity contribution in [2.24, 2.45) is 0 Å². The van der Waals surface area contributed by atoms with Crippen LogP contribution in [-0.4, -0.2) is 31.4 Å². The molecule has 0 radical (unpaired) electrons. The lowest BCUT2D eigenvalue weighted by atomic mass is 10.1. The fourth-order valence-corrected chi connectivity index (χ4v) is 2.36. The first-order chi connectivity index (χ1) is 9.15. The maximum atomic E-state index is 11.9. The number of hydrogen-bond donors (Lipinski definition) is 0. The third-order valence-corrected chi connectivity index (χ3v) is 3.53. The van der Waals surface area contributed by atoms with Gasteiger partial charge in [0.15, 0.2) is 0 Å². The van der Waals surface area contributed by atoms with Crippen LogP contribution in [0.5, 0.6) is 0 Å². The smallest absolute Gasteiger partial charge is 0.299 e. The van der Waals surface area contributed by atoms with E-state index in [2.05, 4.69) is 22.9 Å². The summed E-state index contributed by atoms with van der Waals surface area (Å²) in [4.78, 5) is 25.2. The minimum absolute atomic E-state index is 0.420. The van der Waals surface area contributed by atoms with Gasteiger partial charge < -0.3 is 9.64 Å². The summed E-state index contributed by atoms with van der Waals surface area (Å²) in [6.45, 7) is 3.66. The summed E-state index contributed by atoms with van der Waals surface area (Å²) >= 11 is 3.31. The number of rotatable bonds is 6. The number of halogens is 1. The molecule has 5 heteroatoms. The number of anilines is 1. The van der Waals surface area contributed by atoms with Gasteiger partial charge in [-0.15, -0.1) is 0 Å². The molecule has 1 aromatic carbocycles. The van der Waals surface area contributed by atoms with Crippen molar-refractivity contribution in [1.82, 2.24) is 0 Å². The van der Waals surface area contributed by atoms with E-state index in [4.69, 9.17) is 4.74 Å². The van der Waals surface area contributed by atoms with Gasteiger partial charge in [-0.05, 0) is 24.6 Å². The van der Waals surface area contributed by atoms with Crippen molar-refractivity contribution in [2.75, 3.05) is 24.7 Å². The van der Waals surface area contributed by atoms with Crippen LogP contribution >= 0.6 is 15.9 Å². The molecule has 1 amide bonds. The van der Waals surface area contributed by atoms with Crippen LogP contribution in [0.4, 0.5) is 5.69 Å². The summed E-state index contributed by atoms with van der Waals surface area (Å²) in [6, 6.07) is 5.30. The maximum absolute atomic E-state index is 11.9. The molecule has 0 atom stereocenters. The first kappa shape index (κ1) is 14.2. The average molecular weight is 326 g/mol. The highest BCUT2D eigenvalue weighted by molar-refractivity contribution is 9.10. The number of unbranched alkanes of at least 4 members (excludes halogenated alkanes) is 1. The largest absolute Gasteiger partial charge is 0.380 e. The Morgan fingerprint density at radius 2 is 2.05 bits per heavy atom. The molecule has 1 aliphatic rings. The van der Waals surface area contributed by atoms with Crippen LogP contribution in [0.25, 0.3) is 0 Å². The van der Waals surface area contributed by atoms with Crippen molar-refractivity contribution in [3.8, 4) is 0 Å². The number of ether oxygens (including phenoxy) is 1. The van der Waals surface area contributed by atoms with Gasteiger partial charge in [-0.2, -0.15) is 0 Å². The van der Waals surface area contributed by atoms with Crippen LogP contribution in [0.2, 0.25) is 0 Å². The number of carbonyl (C=O) groups is 2. The molecule has 0 saturated carbocycles. The molecule has 2 rings (SSSR count). The van der Waals surface area contributed by atoms with E-state index in [1.165, 1.54) is 4.90 Å². The molecule has 102 valence electrons. The predicted molar refractivity (Wildman–Crippen MR) is 76.6 cm³/mol. The van der Waals surface area contributed by atoms with Crippen molar-refractivity contribution in [3.63, 3.8) is 0 Å². The Morgan fingerprint density at radius 1 is 1.26 bits per heavy atom. The van der Waals surface area contributed by atoms with Crippen LogP contribution in [-0.2, 0) is 9.53 Å². The van der Waals surface area contributed by atoms with Gasteiger partial charge >= 0.3 is 0 Å². The van der Waals surface area contributed by atoms with Gasteiger partial charge in [0.1, 0.15) is 0 Å². The molecule has 0 saturated heterocycles. The van der Waals surface area contributed by atoms with Crippen LogP contribution in [0, 0.1) is 0 Å². The molecule has 0 aromatic heterocycles. The van der Waals surface area contributed by atoms with Crippen LogP contribution in [0.3, 0.4) is 0 Å². The van der Waals surface area contributed by atoms with E-state index in [0.29, 0.717) is 31.0 Å². The molecule has 0 fully saturated rings. The molecular formula is C14H16BrNO3. The number of ketones is 1. The summed E-state index contributed by atoms with van der Waals surface area (Å²) < 4.78 is 6.24. The Bertz CT molecular complexity index is 501. The molecule has 4 nitrogen and oxygen atoms in total. The number of carbonyl (C=O) groups excluding carboxylic acids is 2. The first-order valence-electron chi connectivity index (χ1n) is 6.38. The second-order valence-corrected chi connectivity index (χ2v) is 5.33. The molecule has 0 N–H and O–H groups in total. The summed E-state index contributed by atoms with van der Waals surface area (Å²) in [5.74, 6) is -0.906. The van der Waals surface area contributed by atoms with Gasteiger partial charge in [0.25, 0.3) is 11.7 Å². The number of hydrogen-bond acceptors (Lipinski definition) is 3. The number of Topliss-reactive ketones (excluding diaryl/α,β-unsaturated/α-hetero) is 1. The molecule has 0 spiro atoms. The molecule has 1 heterocycles. The lowest BCUT2D eigenvalue weighted by Gasteiger charge is -2.16. The Hall–Kier alpha value is -1.20. The zero-order valence-electron chi connectivity index (χ0n) is 10.8. The van der Waals surface area contributed by atoms with E-state index in [1.807, 2.05) is 6.07 Å². The maximum Gasteiger partial charge on any atom is 0.299 e. The third-order valence-electron chi connectivity index (χ3n) is 3.03. The minimum Gasteiger partial charge on any atom is -0.380 e. The highest BCUT2D eigenvalue weighted by atomic mass is 79.9. The normalized spacial score (nSPS) is 14.1.